The molecule has 0 aliphatic rings. The Morgan fingerprint density at radius 2 is 2.05 bits per heavy atom. The number of nitrogens with zero attached hydrogens (tertiary/aromatic N) is 1. The van der Waals surface area contributed by atoms with E-state index in [9.17, 15) is 0 Å². The molecule has 0 aliphatic heterocycles. The molecule has 0 unspecified atom stereocenters. The van der Waals surface area contributed by atoms with E-state index in [0.29, 0.717) is 0 Å². The van der Waals surface area contributed by atoms with Gasteiger partial charge >= 0.3 is 0 Å². The third-order valence-electron chi connectivity index (χ3n) is 3.29. The van der Waals surface area contributed by atoms with Gasteiger partial charge in [0.05, 0.1) is 0 Å². The van der Waals surface area contributed by atoms with Crippen LogP contribution in [0.1, 0.15) is 44.2 Å². The second kappa shape index (κ2) is 9.18. The van der Waals surface area contributed by atoms with E-state index >= 15 is 0 Å². The van der Waals surface area contributed by atoms with Gasteiger partial charge in [0, 0.05) is 37.3 Å². The molecule has 1 aromatic carbocycles. The summed E-state index contributed by atoms with van der Waals surface area (Å²) in [7, 11) is 1.76. The number of nitrogens with two attached hydrogens (primary N) is 1. The normalized spacial score (nSPS) is 12.1. The van der Waals surface area contributed by atoms with Gasteiger partial charge < -0.3 is 11.1 Å². The fourth-order valence-corrected chi connectivity index (χ4v) is 2.13. The van der Waals surface area contributed by atoms with E-state index in [1.807, 2.05) is 0 Å². The highest BCUT2D eigenvalue weighted by Crippen LogP contribution is 2.21. The second-order valence-electron chi connectivity index (χ2n) is 4.92. The standard InChI is InChI=1S/C17H27N3/c1-4-6-7-8-20-17-10-14(5-2)9-15(11-17)16(12-18)13-19-3/h9-13,20H,4-8,18H2,1-3H3. The van der Waals surface area contributed by atoms with E-state index in [2.05, 4.69) is 42.4 Å². The molecule has 3 N–H and O–H groups in total. The predicted octanol–water partition coefficient (Wildman–Crippen LogP) is 3.85. The highest BCUT2D eigenvalue weighted by atomic mass is 14.9. The summed E-state index contributed by atoms with van der Waals surface area (Å²) in [6, 6.07) is 6.54. The average Bonchev–Trinajstić information content (AvgIpc) is 2.48. The quantitative estimate of drug-likeness (QED) is 0.558. The molecule has 0 saturated carbocycles. The van der Waals surface area contributed by atoms with E-state index in [1.54, 1.807) is 19.5 Å². The zero-order chi connectivity index (χ0) is 14.8. The Kier molecular flexibility index (Phi) is 7.48. The van der Waals surface area contributed by atoms with E-state index in [1.165, 1.54) is 30.5 Å². The Morgan fingerprint density at radius 3 is 2.65 bits per heavy atom. The number of aliphatic imine (C=N–C) groups is 1. The number of hydrogen-bond donors (Lipinski definition) is 2. The number of rotatable bonds is 8. The molecular formula is C17H27N3. The third kappa shape index (κ3) is 5.08. The van der Waals surface area contributed by atoms with Crippen molar-refractivity contribution in [3.8, 4) is 0 Å². The molecule has 0 heterocycles. The molecule has 0 spiro atoms. The van der Waals surface area contributed by atoms with Crippen LogP contribution < -0.4 is 11.1 Å². The van der Waals surface area contributed by atoms with Gasteiger partial charge in [0.2, 0.25) is 0 Å². The molecule has 3 heteroatoms. The first-order valence-electron chi connectivity index (χ1n) is 7.47. The van der Waals surface area contributed by atoms with Crippen molar-refractivity contribution in [3.05, 3.63) is 35.5 Å². The highest BCUT2D eigenvalue weighted by molar-refractivity contribution is 6.09. The predicted molar refractivity (Wildman–Crippen MR) is 90.4 cm³/mol. The molecule has 0 atom stereocenters. The van der Waals surface area contributed by atoms with Crippen molar-refractivity contribution in [1.29, 1.82) is 0 Å². The molecule has 3 nitrogen and oxygen atoms in total. The van der Waals surface area contributed by atoms with Gasteiger partial charge in [0.1, 0.15) is 0 Å². The maximum Gasteiger partial charge on any atom is 0.0349 e. The first-order valence-corrected chi connectivity index (χ1v) is 7.47. The third-order valence-corrected chi connectivity index (χ3v) is 3.29. The SMILES string of the molecule is CCCCCNc1cc(CC)cc(C(C=NC)=CN)c1. The molecule has 0 aliphatic carbocycles. The Bertz CT molecular complexity index is 461. The van der Waals surface area contributed by atoms with Crippen molar-refractivity contribution in [3.63, 3.8) is 0 Å². The summed E-state index contributed by atoms with van der Waals surface area (Å²) < 4.78 is 0. The molecule has 0 saturated heterocycles. The summed E-state index contributed by atoms with van der Waals surface area (Å²) in [4.78, 5) is 4.06. The molecule has 0 bridgehead atoms. The molecule has 0 aromatic heterocycles. The van der Waals surface area contributed by atoms with Gasteiger partial charge in [-0.3, -0.25) is 4.99 Å². The summed E-state index contributed by atoms with van der Waals surface area (Å²) >= 11 is 0. The number of benzene rings is 1. The van der Waals surface area contributed by atoms with Crippen LogP contribution >= 0.6 is 0 Å². The van der Waals surface area contributed by atoms with Crippen LogP contribution in [0.4, 0.5) is 5.69 Å². The summed E-state index contributed by atoms with van der Waals surface area (Å²) in [5.41, 5.74) is 10.3. The van der Waals surface area contributed by atoms with Crippen LogP contribution in [-0.4, -0.2) is 19.8 Å². The van der Waals surface area contributed by atoms with E-state index in [4.69, 9.17) is 5.73 Å². The second-order valence-corrected chi connectivity index (χ2v) is 4.92. The maximum atomic E-state index is 5.70. The lowest BCUT2D eigenvalue weighted by Gasteiger charge is -2.11. The summed E-state index contributed by atoms with van der Waals surface area (Å²) in [6.45, 7) is 5.40. The fourth-order valence-electron chi connectivity index (χ4n) is 2.13. The monoisotopic (exact) mass is 273 g/mol. The highest BCUT2D eigenvalue weighted by Gasteiger charge is 2.03. The van der Waals surface area contributed by atoms with Crippen LogP contribution in [0.3, 0.4) is 0 Å². The van der Waals surface area contributed by atoms with E-state index < -0.39 is 0 Å². The van der Waals surface area contributed by atoms with Crippen LogP contribution in [0.2, 0.25) is 0 Å². The summed E-state index contributed by atoms with van der Waals surface area (Å²) in [5, 5.41) is 3.50. The molecule has 0 radical (unpaired) electrons. The van der Waals surface area contributed by atoms with Gasteiger partial charge in [-0.25, -0.2) is 0 Å². The number of unbranched alkanes of at least 4 members (excludes halogenated alkanes) is 2. The number of aryl methyl sites for hydroxylation is 1. The van der Waals surface area contributed by atoms with Gasteiger partial charge in [-0.05, 0) is 36.1 Å². The zero-order valence-corrected chi connectivity index (χ0v) is 12.9. The minimum Gasteiger partial charge on any atom is -0.404 e. The van der Waals surface area contributed by atoms with Gasteiger partial charge in [-0.15, -0.1) is 0 Å². The first-order chi connectivity index (χ1) is 9.74. The van der Waals surface area contributed by atoms with Gasteiger partial charge in [-0.2, -0.15) is 0 Å². The number of allylic oxidation sites excluding steroid dienone is 1. The van der Waals surface area contributed by atoms with Gasteiger partial charge in [-0.1, -0.05) is 32.8 Å². The maximum absolute atomic E-state index is 5.70. The van der Waals surface area contributed by atoms with Gasteiger partial charge in [0.15, 0.2) is 0 Å². The largest absolute Gasteiger partial charge is 0.404 e. The minimum absolute atomic E-state index is 0.958. The molecule has 1 rings (SSSR count). The van der Waals surface area contributed by atoms with Crippen molar-refractivity contribution >= 4 is 17.5 Å². The summed E-state index contributed by atoms with van der Waals surface area (Å²) in [6.07, 6.45) is 8.15. The lowest BCUT2D eigenvalue weighted by Crippen LogP contribution is -2.03. The van der Waals surface area contributed by atoms with Crippen molar-refractivity contribution in [2.75, 3.05) is 18.9 Å². The Balaban J connectivity index is 2.90. The van der Waals surface area contributed by atoms with Crippen LogP contribution in [0, 0.1) is 0 Å². The van der Waals surface area contributed by atoms with Crippen molar-refractivity contribution in [1.82, 2.24) is 0 Å². The molecule has 110 valence electrons. The number of nitrogens with one attached hydrogen (secondary N) is 1. The van der Waals surface area contributed by atoms with E-state index in [-0.39, 0.29) is 0 Å². The topological polar surface area (TPSA) is 50.4 Å². The fraction of sp³-hybridized carbons (Fsp3) is 0.471. The van der Waals surface area contributed by atoms with Crippen LogP contribution in [0.25, 0.3) is 5.57 Å². The molecule has 1 aromatic rings. The van der Waals surface area contributed by atoms with Crippen molar-refractivity contribution in [2.24, 2.45) is 10.7 Å². The average molecular weight is 273 g/mol. The lowest BCUT2D eigenvalue weighted by atomic mass is 10.0. The van der Waals surface area contributed by atoms with Crippen LogP contribution in [0.5, 0.6) is 0 Å². The smallest absolute Gasteiger partial charge is 0.0349 e. The summed E-state index contributed by atoms with van der Waals surface area (Å²) in [5.74, 6) is 0. The molecule has 20 heavy (non-hydrogen) atoms. The zero-order valence-electron chi connectivity index (χ0n) is 12.9. The Morgan fingerprint density at radius 1 is 1.25 bits per heavy atom. The Hall–Kier alpha value is -1.77. The lowest BCUT2D eigenvalue weighted by molar-refractivity contribution is 0.743. The minimum atomic E-state index is 0.958. The van der Waals surface area contributed by atoms with E-state index in [0.717, 1.165) is 24.1 Å². The van der Waals surface area contributed by atoms with Crippen molar-refractivity contribution < 1.29 is 0 Å². The number of anilines is 1. The number of hydrogen-bond acceptors (Lipinski definition) is 3. The molecule has 0 amide bonds. The molecular weight excluding hydrogens is 246 g/mol. The van der Waals surface area contributed by atoms with Crippen LogP contribution in [-0.2, 0) is 6.42 Å². The van der Waals surface area contributed by atoms with Crippen LogP contribution in [0.15, 0.2) is 29.4 Å². The Labute approximate surface area is 123 Å². The first kappa shape index (κ1) is 16.3. The van der Waals surface area contributed by atoms with Crippen molar-refractivity contribution in [2.45, 2.75) is 39.5 Å². The molecule has 0 fully saturated rings. The van der Waals surface area contributed by atoms with Gasteiger partial charge in [0.25, 0.3) is 0 Å².